The van der Waals surface area contributed by atoms with Gasteiger partial charge in [-0.1, -0.05) is 30.3 Å². The van der Waals surface area contributed by atoms with Crippen LogP contribution in [0.15, 0.2) is 78.9 Å². The molecule has 0 spiro atoms. The summed E-state index contributed by atoms with van der Waals surface area (Å²) in [5.41, 5.74) is 1.73. The largest absolute Gasteiger partial charge is 0.457 e. The van der Waals surface area contributed by atoms with Crippen molar-refractivity contribution in [1.29, 1.82) is 0 Å². The Kier molecular flexibility index (Phi) is 7.89. The lowest BCUT2D eigenvalue weighted by molar-refractivity contribution is -0.118. The summed E-state index contributed by atoms with van der Waals surface area (Å²) >= 11 is 1.58. The maximum atomic E-state index is 13.1. The van der Waals surface area contributed by atoms with Gasteiger partial charge in [0.2, 0.25) is 11.8 Å². The zero-order chi connectivity index (χ0) is 24.6. The molecule has 4 amide bonds. The summed E-state index contributed by atoms with van der Waals surface area (Å²) in [6.45, 7) is -0.122. The minimum Gasteiger partial charge on any atom is -0.457 e. The lowest BCUT2D eigenvalue weighted by Gasteiger charge is -2.30. The van der Waals surface area contributed by atoms with Crippen LogP contribution in [0.3, 0.4) is 0 Å². The van der Waals surface area contributed by atoms with Gasteiger partial charge in [-0.3, -0.25) is 14.5 Å². The molecule has 0 saturated carbocycles. The Labute approximate surface area is 208 Å². The predicted octanol–water partition coefficient (Wildman–Crippen LogP) is 4.71. The second-order valence-corrected chi connectivity index (χ2v) is 8.85. The first kappa shape index (κ1) is 24.2. The monoisotopic (exact) mass is 490 g/mol. The Bertz CT molecular complexity index is 1190. The number of nitrogens with zero attached hydrogens (tertiary/aromatic N) is 1. The van der Waals surface area contributed by atoms with E-state index in [4.69, 9.17) is 4.74 Å². The normalized spacial score (nSPS) is 13.3. The maximum absolute atomic E-state index is 13.1. The number of amides is 4. The number of anilines is 3. The Balaban J connectivity index is 1.42. The number of thioether (sulfide) groups is 1. The van der Waals surface area contributed by atoms with Gasteiger partial charge < -0.3 is 20.7 Å². The van der Waals surface area contributed by atoms with E-state index in [1.807, 2.05) is 36.6 Å². The molecule has 0 bridgehead atoms. The van der Waals surface area contributed by atoms with E-state index in [2.05, 4.69) is 16.0 Å². The van der Waals surface area contributed by atoms with E-state index in [1.165, 1.54) is 4.90 Å². The summed E-state index contributed by atoms with van der Waals surface area (Å²) in [7, 11) is 0. The van der Waals surface area contributed by atoms with Crippen LogP contribution < -0.4 is 25.6 Å². The fourth-order valence-electron chi connectivity index (χ4n) is 3.61. The number of fused-ring (bicyclic) bond motifs is 1. The van der Waals surface area contributed by atoms with Gasteiger partial charge in [0, 0.05) is 5.69 Å². The first-order valence-electron chi connectivity index (χ1n) is 11.1. The molecule has 1 aliphatic heterocycles. The minimum absolute atomic E-state index is 0.122. The lowest BCUT2D eigenvalue weighted by atomic mass is 10.2. The third-order valence-corrected chi connectivity index (χ3v) is 5.99. The number of rotatable bonds is 8. The first-order chi connectivity index (χ1) is 17.0. The van der Waals surface area contributed by atoms with Crippen LogP contribution in [0.25, 0.3) is 0 Å². The summed E-state index contributed by atoms with van der Waals surface area (Å²) < 4.78 is 5.79. The number of nitrogens with one attached hydrogen (secondary N) is 3. The van der Waals surface area contributed by atoms with Gasteiger partial charge in [-0.05, 0) is 67.0 Å². The van der Waals surface area contributed by atoms with Crippen LogP contribution in [0, 0.1) is 0 Å². The van der Waals surface area contributed by atoms with Gasteiger partial charge in [-0.15, -0.1) is 0 Å². The van der Waals surface area contributed by atoms with Crippen molar-refractivity contribution in [2.24, 2.45) is 0 Å². The molecule has 3 aromatic carbocycles. The quantitative estimate of drug-likeness (QED) is 0.425. The van der Waals surface area contributed by atoms with Crippen molar-refractivity contribution >= 4 is 46.7 Å². The average molecular weight is 491 g/mol. The number of urea groups is 1. The van der Waals surface area contributed by atoms with E-state index in [-0.39, 0.29) is 18.4 Å². The maximum Gasteiger partial charge on any atom is 0.323 e. The van der Waals surface area contributed by atoms with E-state index in [0.29, 0.717) is 35.0 Å². The Morgan fingerprint density at radius 2 is 1.69 bits per heavy atom. The third-order valence-electron chi connectivity index (χ3n) is 5.34. The van der Waals surface area contributed by atoms with Crippen molar-refractivity contribution in [3.05, 3.63) is 78.9 Å². The molecule has 1 atom stereocenters. The number of hydrogen-bond acceptors (Lipinski definition) is 5. The van der Waals surface area contributed by atoms with Crippen LogP contribution >= 0.6 is 11.8 Å². The van der Waals surface area contributed by atoms with Gasteiger partial charge in [0.25, 0.3) is 0 Å². The summed E-state index contributed by atoms with van der Waals surface area (Å²) in [6.07, 6.45) is 2.38. The average Bonchev–Trinajstić information content (AvgIpc) is 2.87. The summed E-state index contributed by atoms with van der Waals surface area (Å²) in [6, 6.07) is 22.2. The van der Waals surface area contributed by atoms with Crippen LogP contribution in [0.4, 0.5) is 21.9 Å². The number of carbonyl (C=O) groups is 3. The molecule has 8 nitrogen and oxygen atoms in total. The van der Waals surface area contributed by atoms with E-state index < -0.39 is 12.1 Å². The van der Waals surface area contributed by atoms with Crippen molar-refractivity contribution in [2.45, 2.75) is 12.5 Å². The highest BCUT2D eigenvalue weighted by Gasteiger charge is 2.29. The SMILES string of the molecule is CSCC[C@H](NC(=O)N1CC(=O)Nc2ccccc21)C(=O)Nc1ccc(Oc2ccccc2)cc1. The summed E-state index contributed by atoms with van der Waals surface area (Å²) in [5, 5.41) is 8.42. The molecule has 0 aliphatic carbocycles. The molecule has 35 heavy (non-hydrogen) atoms. The molecule has 3 N–H and O–H groups in total. The Morgan fingerprint density at radius 3 is 2.43 bits per heavy atom. The molecule has 1 aliphatic rings. The summed E-state index contributed by atoms with van der Waals surface area (Å²) in [4.78, 5) is 39.6. The number of ether oxygens (including phenoxy) is 1. The highest BCUT2D eigenvalue weighted by molar-refractivity contribution is 7.98. The Hall–Kier alpha value is -3.98. The van der Waals surface area contributed by atoms with Crippen molar-refractivity contribution < 1.29 is 19.1 Å². The second-order valence-electron chi connectivity index (χ2n) is 7.86. The molecular formula is C26H26N4O4S. The van der Waals surface area contributed by atoms with E-state index in [9.17, 15) is 14.4 Å². The molecule has 3 aromatic rings. The summed E-state index contributed by atoms with van der Waals surface area (Å²) in [5.74, 6) is 1.42. The third kappa shape index (κ3) is 6.33. The van der Waals surface area contributed by atoms with Crippen LogP contribution in [0.1, 0.15) is 6.42 Å². The van der Waals surface area contributed by atoms with Gasteiger partial charge >= 0.3 is 6.03 Å². The van der Waals surface area contributed by atoms with Crippen molar-refractivity contribution in [3.63, 3.8) is 0 Å². The Morgan fingerprint density at radius 1 is 1.00 bits per heavy atom. The van der Waals surface area contributed by atoms with Crippen molar-refractivity contribution in [2.75, 3.05) is 34.1 Å². The van der Waals surface area contributed by atoms with Gasteiger partial charge in [0.15, 0.2) is 0 Å². The molecule has 9 heteroatoms. The number of benzene rings is 3. The van der Waals surface area contributed by atoms with Gasteiger partial charge in [-0.25, -0.2) is 4.79 Å². The number of hydrogen-bond donors (Lipinski definition) is 3. The van der Waals surface area contributed by atoms with Crippen LogP contribution in [-0.4, -0.2) is 42.4 Å². The number of para-hydroxylation sites is 3. The highest BCUT2D eigenvalue weighted by atomic mass is 32.2. The van der Waals surface area contributed by atoms with E-state index in [0.717, 1.165) is 5.75 Å². The molecule has 1 heterocycles. The lowest BCUT2D eigenvalue weighted by Crippen LogP contribution is -2.53. The second kappa shape index (κ2) is 11.4. The predicted molar refractivity (Wildman–Crippen MR) is 139 cm³/mol. The molecule has 0 radical (unpaired) electrons. The minimum atomic E-state index is -0.771. The standard InChI is InChI=1S/C26H26N4O4S/c1-35-16-15-22(29-26(33)30-17-24(31)28-21-9-5-6-10-23(21)30)25(32)27-18-11-13-20(14-12-18)34-19-7-3-2-4-8-19/h2-14,22H,15-17H2,1H3,(H,27,32)(H,28,31)(H,29,33)/t22-/m0/s1. The molecule has 0 unspecified atom stereocenters. The van der Waals surface area contributed by atoms with Crippen molar-refractivity contribution in [1.82, 2.24) is 5.32 Å². The first-order valence-corrected chi connectivity index (χ1v) is 12.5. The zero-order valence-electron chi connectivity index (χ0n) is 19.2. The fourth-order valence-corrected chi connectivity index (χ4v) is 4.08. The topological polar surface area (TPSA) is 99.8 Å². The smallest absolute Gasteiger partial charge is 0.323 e. The molecule has 4 rings (SSSR count). The highest BCUT2D eigenvalue weighted by Crippen LogP contribution is 2.29. The molecule has 0 saturated heterocycles. The van der Waals surface area contributed by atoms with Gasteiger partial charge in [0.05, 0.1) is 11.4 Å². The van der Waals surface area contributed by atoms with E-state index in [1.54, 1.807) is 60.3 Å². The van der Waals surface area contributed by atoms with Crippen molar-refractivity contribution in [3.8, 4) is 11.5 Å². The van der Waals surface area contributed by atoms with Crippen LogP contribution in [0.2, 0.25) is 0 Å². The van der Waals surface area contributed by atoms with Crippen LogP contribution in [0.5, 0.6) is 11.5 Å². The van der Waals surface area contributed by atoms with Gasteiger partial charge in [0.1, 0.15) is 24.1 Å². The fraction of sp³-hybridized carbons (Fsp3) is 0.192. The molecule has 180 valence electrons. The molecule has 0 aromatic heterocycles. The molecular weight excluding hydrogens is 464 g/mol. The number of carbonyl (C=O) groups excluding carboxylic acids is 3. The van der Waals surface area contributed by atoms with E-state index >= 15 is 0 Å². The van der Waals surface area contributed by atoms with Gasteiger partial charge in [-0.2, -0.15) is 11.8 Å². The molecule has 0 fully saturated rings. The van der Waals surface area contributed by atoms with Crippen LogP contribution in [-0.2, 0) is 9.59 Å². The zero-order valence-corrected chi connectivity index (χ0v) is 20.0.